The molecule has 1 amide bonds. The smallest absolute Gasteiger partial charge is 0.306 e. The molecule has 1 spiro atoms. The van der Waals surface area contributed by atoms with E-state index in [2.05, 4.69) is 24.3 Å². The minimum absolute atomic E-state index is 0.0254. The highest BCUT2D eigenvalue weighted by Gasteiger charge is 2.53. The Balaban J connectivity index is 1.14. The van der Waals surface area contributed by atoms with Crippen molar-refractivity contribution in [2.75, 3.05) is 13.7 Å². The molecule has 4 fully saturated rings. The zero-order valence-electron chi connectivity index (χ0n) is 16.2. The van der Waals surface area contributed by atoms with Gasteiger partial charge in [-0.1, -0.05) is 30.7 Å². The number of carbonyl (C=O) groups excluding carboxylic acids is 2. The molecule has 0 unspecified atom stereocenters. The second kappa shape index (κ2) is 6.35. The summed E-state index contributed by atoms with van der Waals surface area (Å²) in [4.78, 5) is 26.2. The molecule has 1 saturated heterocycles. The van der Waals surface area contributed by atoms with Crippen molar-refractivity contribution in [1.29, 1.82) is 0 Å². The first-order valence-corrected chi connectivity index (χ1v) is 10.6. The predicted molar refractivity (Wildman–Crippen MR) is 102 cm³/mol. The summed E-state index contributed by atoms with van der Waals surface area (Å²) in [7, 11) is 1.97. The predicted octanol–water partition coefficient (Wildman–Crippen LogP) is 4.00. The molecular weight excluding hydrogens is 338 g/mol. The van der Waals surface area contributed by atoms with Crippen LogP contribution in [0.4, 0.5) is 0 Å². The molecule has 1 heterocycles. The first kappa shape index (κ1) is 17.3. The van der Waals surface area contributed by atoms with Gasteiger partial charge in [-0.3, -0.25) is 9.59 Å². The highest BCUT2D eigenvalue weighted by atomic mass is 16.5. The molecule has 4 nitrogen and oxygen atoms in total. The largest absolute Gasteiger partial charge is 0.465 e. The maximum Gasteiger partial charge on any atom is 0.306 e. The second-order valence-corrected chi connectivity index (χ2v) is 9.51. The van der Waals surface area contributed by atoms with Gasteiger partial charge < -0.3 is 9.64 Å². The van der Waals surface area contributed by atoms with E-state index in [1.807, 2.05) is 11.9 Å². The number of hydrogen-bond acceptors (Lipinski definition) is 3. The molecule has 0 N–H and O–H groups in total. The van der Waals surface area contributed by atoms with Crippen LogP contribution in [0.15, 0.2) is 24.3 Å². The average molecular weight is 367 g/mol. The van der Waals surface area contributed by atoms with Crippen molar-refractivity contribution < 1.29 is 14.3 Å². The lowest BCUT2D eigenvalue weighted by atomic mass is 9.61. The zero-order valence-corrected chi connectivity index (χ0v) is 16.2. The maximum atomic E-state index is 12.8. The SMILES string of the molecule is CN(C(=O)C1CC2(COC(=O)C2)C1)C1CC(c2cccc(C3CCC3)c2)C1. The fourth-order valence-corrected chi connectivity index (χ4v) is 5.52. The van der Waals surface area contributed by atoms with E-state index < -0.39 is 0 Å². The topological polar surface area (TPSA) is 46.6 Å². The van der Waals surface area contributed by atoms with Gasteiger partial charge in [-0.25, -0.2) is 0 Å². The van der Waals surface area contributed by atoms with Crippen LogP contribution < -0.4 is 0 Å². The van der Waals surface area contributed by atoms with Crippen LogP contribution in [0.25, 0.3) is 0 Å². The van der Waals surface area contributed by atoms with Crippen LogP contribution in [-0.2, 0) is 14.3 Å². The number of rotatable bonds is 4. The number of nitrogens with zero attached hydrogens (tertiary/aromatic N) is 1. The van der Waals surface area contributed by atoms with E-state index >= 15 is 0 Å². The number of ether oxygens (including phenoxy) is 1. The molecule has 4 heteroatoms. The van der Waals surface area contributed by atoms with Gasteiger partial charge in [0.25, 0.3) is 0 Å². The Morgan fingerprint density at radius 3 is 2.44 bits per heavy atom. The molecule has 0 bridgehead atoms. The number of carbonyl (C=O) groups is 2. The van der Waals surface area contributed by atoms with Gasteiger partial charge in [-0.15, -0.1) is 0 Å². The number of cyclic esters (lactones) is 1. The van der Waals surface area contributed by atoms with E-state index in [1.54, 1.807) is 0 Å². The Morgan fingerprint density at radius 2 is 1.85 bits per heavy atom. The normalized spacial score (nSPS) is 35.1. The van der Waals surface area contributed by atoms with Gasteiger partial charge in [-0.2, -0.15) is 0 Å². The third-order valence-corrected chi connectivity index (χ3v) is 7.73. The molecule has 0 aromatic heterocycles. The third kappa shape index (κ3) is 2.97. The van der Waals surface area contributed by atoms with Gasteiger partial charge in [0.2, 0.25) is 5.91 Å². The summed E-state index contributed by atoms with van der Waals surface area (Å²) < 4.78 is 5.12. The number of hydrogen-bond donors (Lipinski definition) is 0. The summed E-state index contributed by atoms with van der Waals surface area (Å²) in [6.45, 7) is 0.516. The van der Waals surface area contributed by atoms with Gasteiger partial charge in [0.15, 0.2) is 0 Å². The van der Waals surface area contributed by atoms with Crippen LogP contribution >= 0.6 is 0 Å². The van der Waals surface area contributed by atoms with Gasteiger partial charge in [0.1, 0.15) is 0 Å². The van der Waals surface area contributed by atoms with Crippen molar-refractivity contribution in [3.05, 3.63) is 35.4 Å². The maximum absolute atomic E-state index is 12.8. The van der Waals surface area contributed by atoms with Gasteiger partial charge in [-0.05, 0) is 61.5 Å². The van der Waals surface area contributed by atoms with Crippen LogP contribution in [0, 0.1) is 11.3 Å². The standard InChI is InChI=1S/C23H29NO3/c1-24(22(26)19-11-23(12-19)13-21(25)27-14-23)20-9-18(10-20)17-7-3-6-16(8-17)15-4-2-5-15/h3,6-8,15,18-20H,2,4-5,9-14H2,1H3. The van der Waals surface area contributed by atoms with Crippen molar-refractivity contribution >= 4 is 11.9 Å². The average Bonchev–Trinajstić information content (AvgIpc) is 2.92. The van der Waals surface area contributed by atoms with E-state index in [-0.39, 0.29) is 23.2 Å². The molecule has 3 saturated carbocycles. The minimum atomic E-state index is -0.0970. The van der Waals surface area contributed by atoms with Crippen molar-refractivity contribution in [2.45, 2.75) is 69.2 Å². The Hall–Kier alpha value is -1.84. The van der Waals surface area contributed by atoms with Crippen molar-refractivity contribution in [2.24, 2.45) is 11.3 Å². The minimum Gasteiger partial charge on any atom is -0.465 e. The quantitative estimate of drug-likeness (QED) is 0.756. The summed E-state index contributed by atoms with van der Waals surface area (Å²) in [6, 6.07) is 9.54. The molecule has 27 heavy (non-hydrogen) atoms. The second-order valence-electron chi connectivity index (χ2n) is 9.51. The lowest BCUT2D eigenvalue weighted by molar-refractivity contribution is -0.146. The molecule has 1 aromatic carbocycles. The monoisotopic (exact) mass is 367 g/mol. The summed E-state index contributed by atoms with van der Waals surface area (Å²) in [5.74, 6) is 1.64. The van der Waals surface area contributed by atoms with Crippen molar-refractivity contribution in [1.82, 2.24) is 4.90 Å². The van der Waals surface area contributed by atoms with Crippen molar-refractivity contribution in [3.63, 3.8) is 0 Å². The van der Waals surface area contributed by atoms with E-state index in [0.717, 1.165) is 31.6 Å². The van der Waals surface area contributed by atoms with Gasteiger partial charge in [0.05, 0.1) is 13.0 Å². The molecule has 0 atom stereocenters. The number of esters is 1. The molecule has 1 aromatic rings. The van der Waals surface area contributed by atoms with Crippen molar-refractivity contribution in [3.8, 4) is 0 Å². The van der Waals surface area contributed by atoms with Crippen LogP contribution in [0.5, 0.6) is 0 Å². The van der Waals surface area contributed by atoms with Crippen LogP contribution in [0.1, 0.15) is 74.3 Å². The molecular formula is C23H29NO3. The lowest BCUT2D eigenvalue weighted by Crippen LogP contribution is -2.51. The fourth-order valence-electron chi connectivity index (χ4n) is 5.52. The van der Waals surface area contributed by atoms with Gasteiger partial charge in [0, 0.05) is 24.4 Å². The summed E-state index contributed by atoms with van der Waals surface area (Å²) in [6.07, 6.45) is 8.36. The zero-order chi connectivity index (χ0) is 18.6. The third-order valence-electron chi connectivity index (χ3n) is 7.73. The highest BCUT2D eigenvalue weighted by Crippen LogP contribution is 2.52. The Labute approximate surface area is 161 Å². The van der Waals surface area contributed by atoms with E-state index in [9.17, 15) is 9.59 Å². The van der Waals surface area contributed by atoms with E-state index in [4.69, 9.17) is 4.74 Å². The molecule has 1 aliphatic heterocycles. The summed E-state index contributed by atoms with van der Waals surface area (Å²) >= 11 is 0. The molecule has 5 rings (SSSR count). The van der Waals surface area contributed by atoms with Crippen LogP contribution in [0.3, 0.4) is 0 Å². The number of amides is 1. The van der Waals surface area contributed by atoms with E-state index in [0.29, 0.717) is 25.0 Å². The molecule has 0 radical (unpaired) electrons. The van der Waals surface area contributed by atoms with E-state index in [1.165, 1.54) is 30.4 Å². The fraction of sp³-hybridized carbons (Fsp3) is 0.652. The summed E-state index contributed by atoms with van der Waals surface area (Å²) in [5.41, 5.74) is 2.95. The first-order valence-electron chi connectivity index (χ1n) is 10.6. The molecule has 3 aliphatic carbocycles. The molecule has 144 valence electrons. The molecule has 4 aliphatic rings. The Kier molecular flexibility index (Phi) is 4.06. The highest BCUT2D eigenvalue weighted by molar-refractivity contribution is 5.81. The number of benzene rings is 1. The first-order chi connectivity index (χ1) is 13.0. The van der Waals surface area contributed by atoms with Crippen LogP contribution in [0.2, 0.25) is 0 Å². The Bertz CT molecular complexity index is 757. The van der Waals surface area contributed by atoms with Gasteiger partial charge >= 0.3 is 5.97 Å². The van der Waals surface area contributed by atoms with Crippen LogP contribution in [-0.4, -0.2) is 36.5 Å². The Morgan fingerprint density at radius 1 is 1.15 bits per heavy atom. The summed E-state index contributed by atoms with van der Waals surface area (Å²) in [5, 5.41) is 0. The lowest BCUT2D eigenvalue weighted by Gasteiger charge is -2.47.